The number of carbonyl (C=O) groups is 4. The highest BCUT2D eigenvalue weighted by atomic mass is 16.4. The molecule has 0 spiro atoms. The third kappa shape index (κ3) is 175. The smallest absolute Gasteiger partial charge is 0.402 e. The SMILES string of the molecule is C=C(C)C(=O)O.C=C(C)C(=O)O.NC(=O)O.NC(=O)O.OCCO. The summed E-state index contributed by atoms with van der Waals surface area (Å²) in [4.78, 5) is 36.8. The molecular formula is C12H24N2O10. The molecule has 0 aromatic rings. The van der Waals surface area contributed by atoms with Gasteiger partial charge in [0.05, 0.1) is 13.2 Å². The standard InChI is InChI=1S/2C4H6O2.C2H6O2.2CH3NO2/c2*1-3(2)4(5)6;3-1-2-4;2*2-1(3)4/h2*1H2,2H3,(H,5,6);3-4H,1-2H2;2*2H2,(H,3,4). The van der Waals surface area contributed by atoms with Gasteiger partial charge in [-0.05, 0) is 13.8 Å². The number of aliphatic carboxylic acids is 2. The highest BCUT2D eigenvalue weighted by Crippen LogP contribution is 1.81. The van der Waals surface area contributed by atoms with Crippen LogP contribution < -0.4 is 11.5 Å². The number of aliphatic hydroxyl groups excluding tert-OH is 2. The van der Waals surface area contributed by atoms with Crippen molar-refractivity contribution in [2.75, 3.05) is 13.2 Å². The number of primary amides is 2. The zero-order chi connectivity index (χ0) is 20.9. The van der Waals surface area contributed by atoms with E-state index in [1.165, 1.54) is 13.8 Å². The summed E-state index contributed by atoms with van der Waals surface area (Å²) < 4.78 is 0. The van der Waals surface area contributed by atoms with Gasteiger partial charge in [0.25, 0.3) is 0 Å². The summed E-state index contributed by atoms with van der Waals surface area (Å²) in [5, 5.41) is 45.4. The topological polar surface area (TPSA) is 242 Å². The van der Waals surface area contributed by atoms with Gasteiger partial charge in [-0.25, -0.2) is 19.2 Å². The van der Waals surface area contributed by atoms with Crippen molar-refractivity contribution < 1.29 is 49.8 Å². The van der Waals surface area contributed by atoms with Crippen molar-refractivity contribution in [2.24, 2.45) is 11.5 Å². The molecule has 0 aliphatic carbocycles. The van der Waals surface area contributed by atoms with Crippen molar-refractivity contribution >= 4 is 24.1 Å². The Morgan fingerprint density at radius 2 is 0.792 bits per heavy atom. The maximum absolute atomic E-state index is 9.60. The summed E-state index contributed by atoms with van der Waals surface area (Å²) in [6.07, 6.45) is -2.67. The van der Waals surface area contributed by atoms with Crippen LogP contribution in [0.3, 0.4) is 0 Å². The van der Waals surface area contributed by atoms with Crippen LogP contribution in [-0.4, -0.2) is 68.0 Å². The summed E-state index contributed by atoms with van der Waals surface area (Å²) in [5.74, 6) is -1.87. The van der Waals surface area contributed by atoms with E-state index in [2.05, 4.69) is 24.6 Å². The molecule has 0 aromatic carbocycles. The van der Waals surface area contributed by atoms with Crippen LogP contribution in [0.4, 0.5) is 9.59 Å². The minimum absolute atomic E-state index is 0.125. The molecule has 12 nitrogen and oxygen atoms in total. The van der Waals surface area contributed by atoms with Crippen LogP contribution in [0.25, 0.3) is 0 Å². The number of carboxylic acid groups (broad SMARTS) is 4. The first-order valence-corrected chi connectivity index (χ1v) is 5.63. The molecule has 2 amide bonds. The molecule has 0 saturated heterocycles. The largest absolute Gasteiger partial charge is 0.478 e. The Balaban J connectivity index is -0.0000000637. The first-order chi connectivity index (χ1) is 10.7. The van der Waals surface area contributed by atoms with Crippen molar-refractivity contribution in [1.82, 2.24) is 0 Å². The molecule has 0 aliphatic heterocycles. The van der Waals surface area contributed by atoms with Crippen molar-refractivity contribution in [2.45, 2.75) is 13.8 Å². The quantitative estimate of drug-likeness (QED) is 0.301. The van der Waals surface area contributed by atoms with E-state index in [9.17, 15) is 9.59 Å². The minimum Gasteiger partial charge on any atom is -0.478 e. The molecule has 0 radical (unpaired) electrons. The van der Waals surface area contributed by atoms with Crippen LogP contribution in [-0.2, 0) is 9.59 Å². The van der Waals surface area contributed by atoms with E-state index in [4.69, 9.17) is 40.2 Å². The van der Waals surface area contributed by atoms with Crippen LogP contribution in [0.15, 0.2) is 24.3 Å². The molecule has 10 N–H and O–H groups in total. The number of nitrogens with two attached hydrogens (primary N) is 2. The van der Waals surface area contributed by atoms with Crippen LogP contribution in [0.2, 0.25) is 0 Å². The number of amides is 2. The molecule has 0 aliphatic rings. The molecule has 0 aromatic heterocycles. The third-order valence-corrected chi connectivity index (χ3v) is 0.830. The molecule has 12 heteroatoms. The molecule has 142 valence electrons. The lowest BCUT2D eigenvalue weighted by atomic mass is 10.4. The number of aliphatic hydroxyl groups is 2. The number of hydrogen-bond donors (Lipinski definition) is 8. The average molecular weight is 356 g/mol. The molecule has 0 rings (SSSR count). The molecule has 0 fully saturated rings. The Bertz CT molecular complexity index is 337. The van der Waals surface area contributed by atoms with E-state index in [1.807, 2.05) is 0 Å². The second-order valence-electron chi connectivity index (χ2n) is 3.29. The Morgan fingerprint density at radius 1 is 0.708 bits per heavy atom. The van der Waals surface area contributed by atoms with E-state index in [0.717, 1.165) is 0 Å². The van der Waals surface area contributed by atoms with Crippen LogP contribution in [0, 0.1) is 0 Å². The van der Waals surface area contributed by atoms with Gasteiger partial charge in [0.1, 0.15) is 0 Å². The first kappa shape index (κ1) is 32.7. The van der Waals surface area contributed by atoms with Gasteiger partial charge in [-0.1, -0.05) is 13.2 Å². The molecule has 0 bridgehead atoms. The van der Waals surface area contributed by atoms with Gasteiger partial charge in [-0.2, -0.15) is 0 Å². The summed E-state index contributed by atoms with van der Waals surface area (Å²) in [6.45, 7) is 8.95. The van der Waals surface area contributed by atoms with E-state index in [0.29, 0.717) is 0 Å². The Labute approximate surface area is 137 Å². The minimum atomic E-state index is -1.33. The van der Waals surface area contributed by atoms with Crippen molar-refractivity contribution in [3.63, 3.8) is 0 Å². The van der Waals surface area contributed by atoms with E-state index >= 15 is 0 Å². The molecule has 24 heavy (non-hydrogen) atoms. The lowest BCUT2D eigenvalue weighted by Gasteiger charge is -1.79. The highest BCUT2D eigenvalue weighted by molar-refractivity contribution is 5.85. The van der Waals surface area contributed by atoms with E-state index < -0.39 is 24.1 Å². The Hall–Kier alpha value is -3.12. The number of hydrogen-bond acceptors (Lipinski definition) is 6. The maximum Gasteiger partial charge on any atom is 0.402 e. The predicted molar refractivity (Wildman–Crippen MR) is 83.5 cm³/mol. The molecule has 0 unspecified atom stereocenters. The Morgan fingerprint density at radius 3 is 0.792 bits per heavy atom. The fourth-order valence-corrected chi connectivity index (χ4v) is 0. The second-order valence-corrected chi connectivity index (χ2v) is 3.29. The van der Waals surface area contributed by atoms with Gasteiger partial charge >= 0.3 is 24.1 Å². The van der Waals surface area contributed by atoms with Gasteiger partial charge in [-0.15, -0.1) is 0 Å². The van der Waals surface area contributed by atoms with E-state index in [1.54, 1.807) is 0 Å². The molecule has 0 atom stereocenters. The fraction of sp³-hybridized carbons (Fsp3) is 0.333. The summed E-state index contributed by atoms with van der Waals surface area (Å²) in [7, 11) is 0. The number of carboxylic acids is 2. The third-order valence-electron chi connectivity index (χ3n) is 0.830. The van der Waals surface area contributed by atoms with Gasteiger partial charge in [0, 0.05) is 11.1 Å². The van der Waals surface area contributed by atoms with Gasteiger partial charge in [0.15, 0.2) is 0 Å². The van der Waals surface area contributed by atoms with Crippen LogP contribution in [0.5, 0.6) is 0 Å². The molecule has 0 heterocycles. The normalized spacial score (nSPS) is 7.00. The predicted octanol–water partition coefficient (Wildman–Crippen LogP) is -0.489. The van der Waals surface area contributed by atoms with Crippen LogP contribution >= 0.6 is 0 Å². The van der Waals surface area contributed by atoms with Gasteiger partial charge in [-0.3, -0.25) is 0 Å². The molecular weight excluding hydrogens is 332 g/mol. The summed E-state index contributed by atoms with van der Waals surface area (Å²) in [6, 6.07) is 0. The zero-order valence-corrected chi connectivity index (χ0v) is 13.3. The van der Waals surface area contributed by atoms with Gasteiger partial charge < -0.3 is 42.1 Å². The van der Waals surface area contributed by atoms with Crippen molar-refractivity contribution in [1.29, 1.82) is 0 Å². The zero-order valence-electron chi connectivity index (χ0n) is 13.3. The fourth-order valence-electron chi connectivity index (χ4n) is 0. The maximum atomic E-state index is 9.60. The summed E-state index contributed by atoms with van der Waals surface area (Å²) in [5.41, 5.74) is 8.41. The average Bonchev–Trinajstić information content (AvgIpc) is 2.38. The summed E-state index contributed by atoms with van der Waals surface area (Å²) >= 11 is 0. The lowest BCUT2D eigenvalue weighted by molar-refractivity contribution is -0.133. The van der Waals surface area contributed by atoms with Gasteiger partial charge in [0.2, 0.25) is 0 Å². The first-order valence-electron chi connectivity index (χ1n) is 5.63. The van der Waals surface area contributed by atoms with Crippen molar-refractivity contribution in [3.05, 3.63) is 24.3 Å². The molecule has 0 saturated carbocycles. The Kier molecular flexibility index (Phi) is 33.9. The highest BCUT2D eigenvalue weighted by Gasteiger charge is 1.90. The lowest BCUT2D eigenvalue weighted by Crippen LogP contribution is -2.03. The monoisotopic (exact) mass is 356 g/mol. The van der Waals surface area contributed by atoms with Crippen LogP contribution in [0.1, 0.15) is 13.8 Å². The van der Waals surface area contributed by atoms with Crippen molar-refractivity contribution in [3.8, 4) is 0 Å². The van der Waals surface area contributed by atoms with E-state index in [-0.39, 0.29) is 24.4 Å². The second kappa shape index (κ2) is 24.9. The number of rotatable bonds is 3.